The maximum atomic E-state index is 14.8. The molecule has 0 unspecified atom stereocenters. The van der Waals surface area contributed by atoms with E-state index in [4.69, 9.17) is 23.2 Å². The number of hydrogen-bond acceptors (Lipinski definition) is 7. The van der Waals surface area contributed by atoms with E-state index in [-0.39, 0.29) is 24.5 Å². The molecule has 0 atom stereocenters. The molecule has 0 saturated heterocycles. The van der Waals surface area contributed by atoms with E-state index in [1.165, 1.54) is 6.07 Å². The van der Waals surface area contributed by atoms with Crippen LogP contribution in [0.25, 0.3) is 16.7 Å². The number of aromatic amines is 1. The van der Waals surface area contributed by atoms with Crippen LogP contribution >= 0.6 is 34.5 Å². The number of carbonyl (C=O) groups excluding carboxylic acids is 1. The average Bonchev–Trinajstić information content (AvgIpc) is 3.08. The number of hydrogen-bond donors (Lipinski definition) is 1. The Morgan fingerprint density at radius 1 is 1.21 bits per heavy atom. The maximum Gasteiger partial charge on any atom is 0.334 e. The first kappa shape index (κ1) is 24.3. The highest BCUT2D eigenvalue weighted by Gasteiger charge is 2.24. The van der Waals surface area contributed by atoms with Crippen LogP contribution in [0.15, 0.2) is 50.3 Å². The molecule has 0 aliphatic rings. The van der Waals surface area contributed by atoms with Crippen LogP contribution in [0.3, 0.4) is 0 Å². The highest BCUT2D eigenvalue weighted by molar-refractivity contribution is 7.94. The Bertz CT molecular complexity index is 1670. The minimum Gasteiger partial charge on any atom is -0.306 e. The number of thiophene rings is 1. The van der Waals surface area contributed by atoms with Crippen molar-refractivity contribution in [2.75, 3.05) is 5.75 Å². The molecule has 0 spiro atoms. The number of pyridine rings is 1. The summed E-state index contributed by atoms with van der Waals surface area (Å²) in [6, 6.07) is 6.90. The third kappa shape index (κ3) is 4.69. The zero-order valence-electron chi connectivity index (χ0n) is 17.3. The zero-order valence-corrected chi connectivity index (χ0v) is 20.4. The van der Waals surface area contributed by atoms with E-state index >= 15 is 0 Å². The maximum absolute atomic E-state index is 14.8. The standard InChI is InChI=1S/C21H14Cl2FN3O5S2/c1-10-2-3-13-16(4-10)26-21(30)27(20(13)29)19-15(24)6-11(8-25-19)5-12(28)9-34(31,32)17-7-14(22)18(23)33-17/h2-4,6-8H,5,9H2,1H3,(H,26,30). The SMILES string of the molecule is Cc1ccc2c(=O)n(-c3ncc(CC(=O)CS(=O)(=O)c4cc(Cl)c(Cl)s4)cc3F)c(=O)[nH]c2c1. The summed E-state index contributed by atoms with van der Waals surface area (Å²) < 4.78 is 40.2. The normalized spacial score (nSPS) is 11.8. The van der Waals surface area contributed by atoms with Gasteiger partial charge in [-0.25, -0.2) is 27.2 Å². The van der Waals surface area contributed by atoms with Gasteiger partial charge in [0.1, 0.15) is 14.3 Å². The summed E-state index contributed by atoms with van der Waals surface area (Å²) >= 11 is 12.3. The molecular formula is C21H14Cl2FN3O5S2. The summed E-state index contributed by atoms with van der Waals surface area (Å²) in [4.78, 5) is 44.0. The molecule has 4 aromatic rings. The summed E-state index contributed by atoms with van der Waals surface area (Å²) in [6.07, 6.45) is 0.672. The number of sulfone groups is 1. The predicted octanol–water partition coefficient (Wildman–Crippen LogP) is 3.48. The van der Waals surface area contributed by atoms with Crippen molar-refractivity contribution in [3.63, 3.8) is 0 Å². The van der Waals surface area contributed by atoms with E-state index in [0.717, 1.165) is 35.2 Å². The van der Waals surface area contributed by atoms with Crippen LogP contribution in [-0.2, 0) is 21.1 Å². The van der Waals surface area contributed by atoms with Gasteiger partial charge in [-0.05, 0) is 42.3 Å². The number of ketones is 1. The first-order valence-corrected chi connectivity index (χ1v) is 12.8. The monoisotopic (exact) mass is 541 g/mol. The summed E-state index contributed by atoms with van der Waals surface area (Å²) in [5.41, 5.74) is -0.426. The number of carbonyl (C=O) groups is 1. The molecule has 0 fully saturated rings. The van der Waals surface area contributed by atoms with Crippen molar-refractivity contribution in [2.45, 2.75) is 17.6 Å². The van der Waals surface area contributed by atoms with Gasteiger partial charge in [0.25, 0.3) is 5.56 Å². The molecule has 1 N–H and O–H groups in total. The Morgan fingerprint density at radius 2 is 1.94 bits per heavy atom. The van der Waals surface area contributed by atoms with Gasteiger partial charge in [-0.15, -0.1) is 11.3 Å². The molecule has 0 radical (unpaired) electrons. The lowest BCUT2D eigenvalue weighted by atomic mass is 10.1. The van der Waals surface area contributed by atoms with Crippen molar-refractivity contribution in [1.29, 1.82) is 0 Å². The summed E-state index contributed by atoms with van der Waals surface area (Å²) in [5, 5.41) is 0.234. The lowest BCUT2D eigenvalue weighted by Gasteiger charge is -2.08. The van der Waals surface area contributed by atoms with E-state index in [9.17, 15) is 27.2 Å². The smallest absolute Gasteiger partial charge is 0.306 e. The van der Waals surface area contributed by atoms with Crippen molar-refractivity contribution in [3.05, 3.63) is 83.7 Å². The van der Waals surface area contributed by atoms with Gasteiger partial charge in [0.15, 0.2) is 27.3 Å². The number of nitrogens with zero attached hydrogens (tertiary/aromatic N) is 2. The number of nitrogens with one attached hydrogen (secondary N) is 1. The first-order valence-electron chi connectivity index (χ1n) is 9.56. The van der Waals surface area contributed by atoms with Gasteiger partial charge in [0.05, 0.1) is 15.9 Å². The largest absolute Gasteiger partial charge is 0.334 e. The third-order valence-electron chi connectivity index (χ3n) is 4.82. The number of H-pyrrole nitrogens is 1. The van der Waals surface area contributed by atoms with E-state index in [1.54, 1.807) is 19.1 Å². The lowest BCUT2D eigenvalue weighted by molar-refractivity contribution is -0.116. The van der Waals surface area contributed by atoms with Gasteiger partial charge in [0, 0.05) is 12.6 Å². The second kappa shape index (κ2) is 9.06. The van der Waals surface area contributed by atoms with Crippen LogP contribution in [0, 0.1) is 12.7 Å². The molecule has 1 aromatic carbocycles. The molecule has 4 rings (SSSR count). The number of rotatable bonds is 6. The third-order valence-corrected chi connectivity index (χ3v) is 8.93. The molecule has 8 nitrogen and oxygen atoms in total. The van der Waals surface area contributed by atoms with Crippen molar-refractivity contribution in [1.82, 2.24) is 14.5 Å². The number of Topliss-reactive ketones (excluding diaryl/α,β-unsaturated/α-hetero) is 1. The van der Waals surface area contributed by atoms with Gasteiger partial charge in [-0.3, -0.25) is 9.59 Å². The quantitative estimate of drug-likeness (QED) is 0.399. The fourth-order valence-electron chi connectivity index (χ4n) is 3.30. The topological polar surface area (TPSA) is 119 Å². The van der Waals surface area contributed by atoms with Gasteiger partial charge in [-0.1, -0.05) is 29.3 Å². The second-order valence-electron chi connectivity index (χ2n) is 7.43. The second-order valence-corrected chi connectivity index (χ2v) is 11.7. The van der Waals surface area contributed by atoms with Crippen LogP contribution in [-0.4, -0.2) is 34.5 Å². The van der Waals surface area contributed by atoms with E-state index in [2.05, 4.69) is 9.97 Å². The van der Waals surface area contributed by atoms with E-state index in [0.29, 0.717) is 10.1 Å². The van der Waals surface area contributed by atoms with Crippen molar-refractivity contribution in [2.24, 2.45) is 0 Å². The highest BCUT2D eigenvalue weighted by Crippen LogP contribution is 2.34. The van der Waals surface area contributed by atoms with E-state index in [1.807, 2.05) is 0 Å². The van der Waals surface area contributed by atoms with Crippen LogP contribution in [0.5, 0.6) is 0 Å². The average molecular weight is 542 g/mol. The Kier molecular flexibility index (Phi) is 6.47. The summed E-state index contributed by atoms with van der Waals surface area (Å²) in [6.45, 7) is 1.79. The summed E-state index contributed by atoms with van der Waals surface area (Å²) in [5.74, 6) is -3.12. The molecule has 0 amide bonds. The van der Waals surface area contributed by atoms with Crippen molar-refractivity contribution >= 4 is 61.1 Å². The number of aromatic nitrogens is 3. The van der Waals surface area contributed by atoms with Crippen LogP contribution in [0.1, 0.15) is 11.1 Å². The Morgan fingerprint density at radius 3 is 2.59 bits per heavy atom. The molecule has 0 saturated carbocycles. The highest BCUT2D eigenvalue weighted by atomic mass is 35.5. The number of fused-ring (bicyclic) bond motifs is 1. The lowest BCUT2D eigenvalue weighted by Crippen LogP contribution is -2.35. The van der Waals surface area contributed by atoms with Crippen molar-refractivity contribution < 1.29 is 17.6 Å². The molecule has 0 aliphatic heterocycles. The Labute approximate surface area is 205 Å². The minimum absolute atomic E-state index is 0.0635. The van der Waals surface area contributed by atoms with Gasteiger partial charge >= 0.3 is 5.69 Å². The molecule has 34 heavy (non-hydrogen) atoms. The van der Waals surface area contributed by atoms with Crippen molar-refractivity contribution in [3.8, 4) is 5.82 Å². The molecule has 3 heterocycles. The first-order chi connectivity index (χ1) is 16.0. The predicted molar refractivity (Wildman–Crippen MR) is 128 cm³/mol. The molecule has 13 heteroatoms. The Balaban J connectivity index is 1.61. The molecular weight excluding hydrogens is 528 g/mol. The Hall–Kier alpha value is -2.86. The molecule has 176 valence electrons. The molecule has 0 aliphatic carbocycles. The number of benzene rings is 1. The fourth-order valence-corrected chi connectivity index (χ4v) is 6.50. The number of halogens is 3. The minimum atomic E-state index is -3.98. The van der Waals surface area contributed by atoms with Gasteiger partial charge < -0.3 is 4.98 Å². The number of aryl methyl sites for hydroxylation is 1. The fraction of sp³-hybridized carbons (Fsp3) is 0.143. The molecule has 0 bridgehead atoms. The molecule has 3 aromatic heterocycles. The van der Waals surface area contributed by atoms with Crippen LogP contribution < -0.4 is 11.2 Å². The van der Waals surface area contributed by atoms with E-state index < -0.39 is 50.7 Å². The summed E-state index contributed by atoms with van der Waals surface area (Å²) in [7, 11) is -3.98. The zero-order chi connectivity index (χ0) is 24.8. The van der Waals surface area contributed by atoms with Gasteiger partial charge in [-0.2, -0.15) is 0 Å². The van der Waals surface area contributed by atoms with Gasteiger partial charge in [0.2, 0.25) is 0 Å². The van der Waals surface area contributed by atoms with Crippen LogP contribution in [0.2, 0.25) is 9.36 Å². The van der Waals surface area contributed by atoms with Crippen LogP contribution in [0.4, 0.5) is 4.39 Å².